The van der Waals surface area contributed by atoms with Crippen LogP contribution in [0, 0.1) is 0 Å². The zero-order valence-electron chi connectivity index (χ0n) is 11.6. The van der Waals surface area contributed by atoms with Gasteiger partial charge in [0, 0.05) is 19.6 Å². The van der Waals surface area contributed by atoms with Gasteiger partial charge in [-0.3, -0.25) is 4.99 Å². The van der Waals surface area contributed by atoms with Crippen LogP contribution in [0.2, 0.25) is 0 Å². The summed E-state index contributed by atoms with van der Waals surface area (Å²) in [6.45, 7) is 6.99. The summed E-state index contributed by atoms with van der Waals surface area (Å²) in [5.74, 6) is 0.937. The Hall–Kier alpha value is -1.51. The van der Waals surface area contributed by atoms with Gasteiger partial charge in [0.25, 0.3) is 0 Å². The molecule has 3 nitrogen and oxygen atoms in total. The predicted octanol–water partition coefficient (Wildman–Crippen LogP) is 2.58. The zero-order valence-corrected chi connectivity index (χ0v) is 11.6. The van der Waals surface area contributed by atoms with Crippen molar-refractivity contribution in [3.05, 3.63) is 35.9 Å². The Balaban J connectivity index is 2.22. The third-order valence-electron chi connectivity index (χ3n) is 2.62. The van der Waals surface area contributed by atoms with E-state index in [4.69, 9.17) is 0 Å². The van der Waals surface area contributed by atoms with Gasteiger partial charge in [0.15, 0.2) is 5.96 Å². The lowest BCUT2D eigenvalue weighted by molar-refractivity contribution is 0.742. The smallest absolute Gasteiger partial charge is 0.191 e. The molecule has 18 heavy (non-hydrogen) atoms. The minimum atomic E-state index is 0.883. The van der Waals surface area contributed by atoms with Gasteiger partial charge in [-0.15, -0.1) is 0 Å². The first kappa shape index (κ1) is 14.6. The van der Waals surface area contributed by atoms with Crippen molar-refractivity contribution in [2.45, 2.75) is 33.1 Å². The molecule has 1 aromatic rings. The van der Waals surface area contributed by atoms with E-state index in [1.807, 2.05) is 0 Å². The number of hydrogen-bond donors (Lipinski definition) is 2. The topological polar surface area (TPSA) is 36.4 Å². The fourth-order valence-corrected chi connectivity index (χ4v) is 1.71. The van der Waals surface area contributed by atoms with Gasteiger partial charge in [0.1, 0.15) is 0 Å². The number of hydrogen-bond acceptors (Lipinski definition) is 1. The first-order chi connectivity index (χ1) is 8.86. The predicted molar refractivity (Wildman–Crippen MR) is 79.0 cm³/mol. The van der Waals surface area contributed by atoms with Gasteiger partial charge in [-0.25, -0.2) is 0 Å². The Bertz CT molecular complexity index is 333. The summed E-state index contributed by atoms with van der Waals surface area (Å²) in [6, 6.07) is 10.6. The lowest BCUT2D eigenvalue weighted by Gasteiger charge is -2.10. The fraction of sp³-hybridized carbons (Fsp3) is 0.533. The highest BCUT2D eigenvalue weighted by atomic mass is 15.2. The molecule has 0 saturated carbocycles. The second kappa shape index (κ2) is 9.51. The van der Waals surface area contributed by atoms with E-state index >= 15 is 0 Å². The molecule has 0 radical (unpaired) electrons. The number of aryl methyl sites for hydroxylation is 1. The van der Waals surface area contributed by atoms with Gasteiger partial charge in [-0.05, 0) is 31.7 Å². The number of benzene rings is 1. The van der Waals surface area contributed by atoms with Gasteiger partial charge in [0.05, 0.1) is 0 Å². The Labute approximate surface area is 111 Å². The van der Waals surface area contributed by atoms with Crippen LogP contribution in [-0.4, -0.2) is 25.6 Å². The van der Waals surface area contributed by atoms with Crippen LogP contribution < -0.4 is 10.6 Å². The molecule has 3 heteroatoms. The highest BCUT2D eigenvalue weighted by Crippen LogP contribution is 2.01. The van der Waals surface area contributed by atoms with Crippen molar-refractivity contribution in [3.8, 4) is 0 Å². The summed E-state index contributed by atoms with van der Waals surface area (Å²) in [7, 11) is 0. The number of nitrogens with one attached hydrogen (secondary N) is 2. The fourth-order valence-electron chi connectivity index (χ4n) is 1.71. The molecule has 0 fully saturated rings. The summed E-state index contributed by atoms with van der Waals surface area (Å²) in [4.78, 5) is 4.47. The van der Waals surface area contributed by atoms with Crippen molar-refractivity contribution in [1.82, 2.24) is 10.6 Å². The van der Waals surface area contributed by atoms with Gasteiger partial charge in [-0.1, -0.05) is 37.3 Å². The van der Waals surface area contributed by atoms with Crippen LogP contribution in [0.5, 0.6) is 0 Å². The van der Waals surface area contributed by atoms with E-state index in [-0.39, 0.29) is 0 Å². The third-order valence-corrected chi connectivity index (χ3v) is 2.62. The molecule has 0 aliphatic heterocycles. The minimum Gasteiger partial charge on any atom is -0.357 e. The first-order valence-corrected chi connectivity index (χ1v) is 6.93. The molecule has 0 atom stereocenters. The molecule has 100 valence electrons. The molecule has 0 unspecified atom stereocenters. The van der Waals surface area contributed by atoms with E-state index < -0.39 is 0 Å². The van der Waals surface area contributed by atoms with E-state index in [9.17, 15) is 0 Å². The average Bonchev–Trinajstić information content (AvgIpc) is 2.42. The molecule has 0 aromatic heterocycles. The molecule has 0 bridgehead atoms. The maximum absolute atomic E-state index is 4.47. The Morgan fingerprint density at radius 1 is 1.11 bits per heavy atom. The summed E-state index contributed by atoms with van der Waals surface area (Å²) in [6.07, 6.45) is 3.32. The van der Waals surface area contributed by atoms with Crippen molar-refractivity contribution < 1.29 is 0 Å². The minimum absolute atomic E-state index is 0.883. The lowest BCUT2D eigenvalue weighted by Crippen LogP contribution is -2.38. The summed E-state index contributed by atoms with van der Waals surface area (Å²) in [5, 5.41) is 6.62. The molecule has 1 rings (SSSR count). The monoisotopic (exact) mass is 247 g/mol. The molecule has 0 aliphatic rings. The van der Waals surface area contributed by atoms with Crippen LogP contribution in [0.4, 0.5) is 0 Å². The average molecular weight is 247 g/mol. The number of guanidine groups is 1. The number of nitrogens with zero attached hydrogens (tertiary/aromatic N) is 1. The molecule has 0 aliphatic carbocycles. The van der Waals surface area contributed by atoms with E-state index in [2.05, 4.69) is 59.8 Å². The van der Waals surface area contributed by atoms with Crippen molar-refractivity contribution >= 4 is 5.96 Å². The van der Waals surface area contributed by atoms with Crippen LogP contribution in [-0.2, 0) is 6.42 Å². The summed E-state index contributed by atoms with van der Waals surface area (Å²) in [5.41, 5.74) is 1.40. The highest BCUT2D eigenvalue weighted by molar-refractivity contribution is 5.79. The van der Waals surface area contributed by atoms with E-state index in [1.165, 1.54) is 5.56 Å². The molecule has 0 spiro atoms. The third kappa shape index (κ3) is 6.28. The number of rotatable bonds is 7. The standard InChI is InChI=1S/C15H25N3/c1-3-12-17-15(16-4-2)18-13-8-11-14-9-6-5-7-10-14/h5-7,9-10H,3-4,8,11-13H2,1-2H3,(H2,16,17,18). The quantitative estimate of drug-likeness (QED) is 0.441. The summed E-state index contributed by atoms with van der Waals surface area (Å²) < 4.78 is 0. The normalized spacial score (nSPS) is 11.3. The van der Waals surface area contributed by atoms with Crippen LogP contribution in [0.15, 0.2) is 35.3 Å². The Morgan fingerprint density at radius 2 is 1.89 bits per heavy atom. The molecule has 0 heterocycles. The van der Waals surface area contributed by atoms with Crippen LogP contribution >= 0.6 is 0 Å². The van der Waals surface area contributed by atoms with Gasteiger partial charge in [0.2, 0.25) is 0 Å². The SMILES string of the molecule is CCCN=C(NCC)NCCCc1ccccc1. The number of aliphatic imine (C=N–C) groups is 1. The molecular weight excluding hydrogens is 222 g/mol. The Morgan fingerprint density at radius 3 is 2.56 bits per heavy atom. The van der Waals surface area contributed by atoms with Crippen molar-refractivity contribution in [2.24, 2.45) is 4.99 Å². The lowest BCUT2D eigenvalue weighted by atomic mass is 10.1. The second-order valence-electron chi connectivity index (χ2n) is 4.28. The zero-order chi connectivity index (χ0) is 13.1. The van der Waals surface area contributed by atoms with Crippen LogP contribution in [0.1, 0.15) is 32.3 Å². The molecular formula is C15H25N3. The molecule has 0 amide bonds. The van der Waals surface area contributed by atoms with Crippen LogP contribution in [0.3, 0.4) is 0 Å². The molecule has 0 saturated heterocycles. The summed E-state index contributed by atoms with van der Waals surface area (Å²) >= 11 is 0. The van der Waals surface area contributed by atoms with Crippen molar-refractivity contribution in [3.63, 3.8) is 0 Å². The molecule has 1 aromatic carbocycles. The second-order valence-corrected chi connectivity index (χ2v) is 4.28. The van der Waals surface area contributed by atoms with Crippen LogP contribution in [0.25, 0.3) is 0 Å². The van der Waals surface area contributed by atoms with Crippen molar-refractivity contribution in [1.29, 1.82) is 0 Å². The van der Waals surface area contributed by atoms with E-state index in [0.29, 0.717) is 0 Å². The first-order valence-electron chi connectivity index (χ1n) is 6.93. The molecule has 2 N–H and O–H groups in total. The highest BCUT2D eigenvalue weighted by Gasteiger charge is 1.96. The maximum atomic E-state index is 4.47. The van der Waals surface area contributed by atoms with Gasteiger partial charge >= 0.3 is 0 Å². The van der Waals surface area contributed by atoms with Gasteiger partial charge < -0.3 is 10.6 Å². The van der Waals surface area contributed by atoms with E-state index in [0.717, 1.165) is 44.9 Å². The Kier molecular flexibility index (Phi) is 7.69. The van der Waals surface area contributed by atoms with E-state index in [1.54, 1.807) is 0 Å². The maximum Gasteiger partial charge on any atom is 0.191 e. The largest absolute Gasteiger partial charge is 0.357 e. The van der Waals surface area contributed by atoms with Crippen molar-refractivity contribution in [2.75, 3.05) is 19.6 Å². The van der Waals surface area contributed by atoms with Gasteiger partial charge in [-0.2, -0.15) is 0 Å².